The van der Waals surface area contributed by atoms with Crippen molar-refractivity contribution in [2.24, 2.45) is 29.1 Å². The van der Waals surface area contributed by atoms with E-state index in [2.05, 4.69) is 39.0 Å². The summed E-state index contributed by atoms with van der Waals surface area (Å²) < 4.78 is 10.8. The molecule has 0 aromatic carbocycles. The van der Waals surface area contributed by atoms with E-state index in [1.165, 1.54) is 32.1 Å². The third-order valence-corrected chi connectivity index (χ3v) is 8.35. The Morgan fingerprint density at radius 2 is 1.50 bits per heavy atom. The van der Waals surface area contributed by atoms with E-state index in [9.17, 15) is 14.7 Å². The van der Waals surface area contributed by atoms with E-state index in [1.807, 2.05) is 13.8 Å². The highest BCUT2D eigenvalue weighted by atomic mass is 16.6. The standard InChI is InChI=1S/C22H39NO4.C7H14O2.C2H4/c1-15-11-18(24)12-16(2)20(25)22(3,4)21(26)27-14-19(23(5)13-15)17-9-7-6-8-10-17;1-5-3-6(2)9-7(8)4-5;1-2/h15-19,24H,6-14H2,1-5H3;5-8H,3-4H2,1-2H3;1-2H2/t15-,16-,18-,19+;5-,6+,7+;/m10./s1. The van der Waals surface area contributed by atoms with Gasteiger partial charge in [0.2, 0.25) is 0 Å². The molecule has 1 saturated carbocycles. The number of aliphatic hydroxyl groups is 2. The molecule has 0 unspecified atom stereocenters. The van der Waals surface area contributed by atoms with E-state index in [-0.39, 0.29) is 23.8 Å². The van der Waals surface area contributed by atoms with Crippen LogP contribution < -0.4 is 0 Å². The molecule has 0 bridgehead atoms. The van der Waals surface area contributed by atoms with Crippen molar-refractivity contribution in [2.45, 2.75) is 124 Å². The summed E-state index contributed by atoms with van der Waals surface area (Å²) in [6.07, 6.45) is 8.25. The smallest absolute Gasteiger partial charge is 0.319 e. The van der Waals surface area contributed by atoms with Gasteiger partial charge in [0, 0.05) is 24.9 Å². The lowest BCUT2D eigenvalue weighted by Crippen LogP contribution is -2.46. The van der Waals surface area contributed by atoms with Gasteiger partial charge < -0.3 is 19.7 Å². The van der Waals surface area contributed by atoms with Gasteiger partial charge in [-0.15, -0.1) is 13.2 Å². The molecule has 2 N–H and O–H groups in total. The molecule has 38 heavy (non-hydrogen) atoms. The molecule has 0 aromatic rings. The van der Waals surface area contributed by atoms with Gasteiger partial charge in [-0.1, -0.05) is 40.0 Å². The van der Waals surface area contributed by atoms with Crippen LogP contribution in [0.1, 0.15) is 99.3 Å². The molecule has 7 atom stereocenters. The van der Waals surface area contributed by atoms with Crippen LogP contribution in [0.3, 0.4) is 0 Å². The molecular formula is C31H57NO6. The lowest BCUT2D eigenvalue weighted by Gasteiger charge is -2.38. The number of hydrogen-bond acceptors (Lipinski definition) is 7. The maximum absolute atomic E-state index is 12.8. The Hall–Kier alpha value is -1.28. The van der Waals surface area contributed by atoms with Gasteiger partial charge in [-0.2, -0.15) is 0 Å². The number of ketones is 1. The average Bonchev–Trinajstić information content (AvgIpc) is 2.84. The zero-order valence-corrected chi connectivity index (χ0v) is 25.3. The Morgan fingerprint density at radius 3 is 2.05 bits per heavy atom. The van der Waals surface area contributed by atoms with Crippen LogP contribution in [0.25, 0.3) is 0 Å². The fourth-order valence-electron chi connectivity index (χ4n) is 6.36. The number of nitrogens with zero attached hydrogens (tertiary/aromatic N) is 1. The number of cyclic esters (lactones) is 1. The quantitative estimate of drug-likeness (QED) is 0.263. The van der Waals surface area contributed by atoms with Crippen LogP contribution in [0.15, 0.2) is 13.2 Å². The topological polar surface area (TPSA) is 96.3 Å². The summed E-state index contributed by atoms with van der Waals surface area (Å²) in [5.74, 6) is 0.530. The predicted molar refractivity (Wildman–Crippen MR) is 153 cm³/mol. The molecule has 0 radical (unpaired) electrons. The SMILES string of the molecule is C=C.C[C@@H]1C[C@@H](O)C[C@@H](C)C(=O)C(C)(C)C(=O)OC[C@@H](C2CCCCC2)N(C)C1.C[C@H]1C[C@@H](C)O[C@@H](O)C1. The third kappa shape index (κ3) is 11.1. The Kier molecular flexibility index (Phi) is 15.3. The summed E-state index contributed by atoms with van der Waals surface area (Å²) in [7, 11) is 2.11. The number of aliphatic hydroxyl groups excluding tert-OH is 2. The highest BCUT2D eigenvalue weighted by Gasteiger charge is 2.41. The summed E-state index contributed by atoms with van der Waals surface area (Å²) in [5, 5.41) is 19.5. The lowest BCUT2D eigenvalue weighted by atomic mass is 9.79. The van der Waals surface area contributed by atoms with Crippen LogP contribution in [0.2, 0.25) is 0 Å². The van der Waals surface area contributed by atoms with Crippen LogP contribution in [0, 0.1) is 29.1 Å². The summed E-state index contributed by atoms with van der Waals surface area (Å²) >= 11 is 0. The molecule has 2 saturated heterocycles. The number of rotatable bonds is 1. The highest BCUT2D eigenvalue weighted by molar-refractivity contribution is 6.03. The Balaban J connectivity index is 0.000000548. The van der Waals surface area contributed by atoms with Crippen LogP contribution in [-0.2, 0) is 19.1 Å². The van der Waals surface area contributed by atoms with Crippen molar-refractivity contribution in [1.82, 2.24) is 4.90 Å². The van der Waals surface area contributed by atoms with Crippen molar-refractivity contribution in [1.29, 1.82) is 0 Å². The van der Waals surface area contributed by atoms with Gasteiger partial charge in [0.1, 0.15) is 12.0 Å². The van der Waals surface area contributed by atoms with E-state index in [0.29, 0.717) is 37.2 Å². The number of hydrogen-bond donors (Lipinski definition) is 2. The van der Waals surface area contributed by atoms with E-state index < -0.39 is 23.8 Å². The van der Waals surface area contributed by atoms with Crippen LogP contribution >= 0.6 is 0 Å². The molecule has 222 valence electrons. The Bertz CT molecular complexity index is 681. The first kappa shape index (κ1) is 34.7. The zero-order chi connectivity index (χ0) is 29.0. The Morgan fingerprint density at radius 1 is 0.895 bits per heavy atom. The second-order valence-corrected chi connectivity index (χ2v) is 12.6. The summed E-state index contributed by atoms with van der Waals surface area (Å²) in [4.78, 5) is 27.9. The molecule has 0 spiro atoms. The van der Waals surface area contributed by atoms with Crippen LogP contribution in [0.4, 0.5) is 0 Å². The van der Waals surface area contributed by atoms with Gasteiger partial charge in [0.25, 0.3) is 0 Å². The first-order valence-corrected chi connectivity index (χ1v) is 14.7. The number of carbonyl (C=O) groups excluding carboxylic acids is 2. The molecule has 1 aliphatic carbocycles. The fraction of sp³-hybridized carbons (Fsp3) is 0.871. The molecular weight excluding hydrogens is 482 g/mol. The maximum atomic E-state index is 12.8. The molecule has 7 nitrogen and oxygen atoms in total. The Labute approximate surface area is 232 Å². The first-order valence-electron chi connectivity index (χ1n) is 14.7. The minimum Gasteiger partial charge on any atom is -0.463 e. The second-order valence-electron chi connectivity index (χ2n) is 12.6. The highest BCUT2D eigenvalue weighted by Crippen LogP contribution is 2.32. The van der Waals surface area contributed by atoms with Gasteiger partial charge in [0.05, 0.1) is 12.2 Å². The number of likely N-dealkylation sites (N-methyl/N-ethyl adjacent to an activating group) is 1. The predicted octanol–water partition coefficient (Wildman–Crippen LogP) is 5.37. The van der Waals surface area contributed by atoms with E-state index in [4.69, 9.17) is 14.6 Å². The van der Waals surface area contributed by atoms with Gasteiger partial charge in [0.15, 0.2) is 12.1 Å². The fourth-order valence-corrected chi connectivity index (χ4v) is 6.36. The monoisotopic (exact) mass is 539 g/mol. The van der Waals surface area contributed by atoms with Crippen molar-refractivity contribution in [2.75, 3.05) is 20.2 Å². The molecule has 7 heteroatoms. The molecule has 0 aromatic heterocycles. The number of Topliss-reactive ketones (excluding diaryl/α,β-unsaturated/α-hetero) is 1. The van der Waals surface area contributed by atoms with Crippen molar-refractivity contribution >= 4 is 11.8 Å². The first-order chi connectivity index (χ1) is 17.8. The largest absolute Gasteiger partial charge is 0.463 e. The van der Waals surface area contributed by atoms with Crippen LogP contribution in [0.5, 0.6) is 0 Å². The minimum atomic E-state index is -1.17. The number of ether oxygens (including phenoxy) is 2. The lowest BCUT2D eigenvalue weighted by molar-refractivity contribution is -0.169. The molecule has 3 rings (SSSR count). The zero-order valence-electron chi connectivity index (χ0n) is 25.3. The van der Waals surface area contributed by atoms with Crippen molar-refractivity contribution < 1.29 is 29.3 Å². The van der Waals surface area contributed by atoms with Crippen LogP contribution in [-0.4, -0.2) is 71.6 Å². The molecule has 0 amide bonds. The van der Waals surface area contributed by atoms with Crippen molar-refractivity contribution in [3.63, 3.8) is 0 Å². The molecule has 2 heterocycles. The van der Waals surface area contributed by atoms with E-state index in [0.717, 1.165) is 19.4 Å². The van der Waals surface area contributed by atoms with Gasteiger partial charge in [-0.25, -0.2) is 0 Å². The van der Waals surface area contributed by atoms with Gasteiger partial charge in [-0.3, -0.25) is 14.5 Å². The number of carbonyl (C=O) groups is 2. The van der Waals surface area contributed by atoms with Crippen molar-refractivity contribution in [3.05, 3.63) is 13.2 Å². The second kappa shape index (κ2) is 16.7. The van der Waals surface area contributed by atoms with Crippen molar-refractivity contribution in [3.8, 4) is 0 Å². The van der Waals surface area contributed by atoms with E-state index >= 15 is 0 Å². The summed E-state index contributed by atoms with van der Waals surface area (Å²) in [5.41, 5.74) is -1.17. The van der Waals surface area contributed by atoms with E-state index in [1.54, 1.807) is 13.8 Å². The third-order valence-electron chi connectivity index (χ3n) is 8.35. The summed E-state index contributed by atoms with van der Waals surface area (Å²) in [6.45, 7) is 18.6. The molecule has 3 aliphatic rings. The normalized spacial score (nSPS) is 36.1. The molecule has 2 aliphatic heterocycles. The van der Waals surface area contributed by atoms with Gasteiger partial charge >= 0.3 is 5.97 Å². The average molecular weight is 540 g/mol. The molecule has 3 fully saturated rings. The summed E-state index contributed by atoms with van der Waals surface area (Å²) in [6, 6.07) is 0.179. The number of esters is 1. The van der Waals surface area contributed by atoms with Gasteiger partial charge in [-0.05, 0) is 77.7 Å². The maximum Gasteiger partial charge on any atom is 0.319 e. The minimum absolute atomic E-state index is 0.138.